The maximum atomic E-state index is 10.7. The molecule has 0 aliphatic heterocycles. The lowest BCUT2D eigenvalue weighted by atomic mass is 10.2. The van der Waals surface area contributed by atoms with E-state index in [2.05, 4.69) is 4.98 Å². The second-order valence-corrected chi connectivity index (χ2v) is 4.79. The van der Waals surface area contributed by atoms with E-state index >= 15 is 0 Å². The molecule has 8 heteroatoms. The lowest BCUT2D eigenvalue weighted by Crippen LogP contribution is -1.99. The number of nitro groups is 1. The number of rotatable bonds is 4. The minimum absolute atomic E-state index is 0.00726. The molecule has 1 aromatic rings. The normalized spacial score (nSPS) is 10.8. The Bertz CT molecular complexity index is 519. The largest absolute Gasteiger partial charge is 0.378 e. The molecular formula is C10H10ClN3O3S. The number of halogens is 1. The molecule has 0 spiro atoms. The fraction of sp³-hybridized carbons (Fsp3) is 0.200. The Labute approximate surface area is 112 Å². The van der Waals surface area contributed by atoms with Gasteiger partial charge in [-0.3, -0.25) is 14.9 Å². The third-order valence-corrected chi connectivity index (χ3v) is 2.96. The highest BCUT2D eigenvalue weighted by Crippen LogP contribution is 2.26. The molecular weight excluding hydrogens is 278 g/mol. The molecule has 0 atom stereocenters. The van der Waals surface area contributed by atoms with Crippen LogP contribution in [0.3, 0.4) is 0 Å². The number of hydrogen-bond donors (Lipinski definition) is 1. The van der Waals surface area contributed by atoms with Gasteiger partial charge in [0.1, 0.15) is 5.15 Å². The zero-order chi connectivity index (χ0) is 13.7. The molecule has 0 radical (unpaired) electrons. The zero-order valence-electron chi connectivity index (χ0n) is 9.42. The average molecular weight is 288 g/mol. The first kappa shape index (κ1) is 14.5. The minimum Gasteiger partial charge on any atom is -0.378 e. The first-order valence-corrected chi connectivity index (χ1v) is 6.18. The Morgan fingerprint density at radius 1 is 1.72 bits per heavy atom. The average Bonchev–Trinajstić information content (AvgIpc) is 2.25. The summed E-state index contributed by atoms with van der Waals surface area (Å²) in [6.07, 6.45) is 3.24. The van der Waals surface area contributed by atoms with Gasteiger partial charge in [0.15, 0.2) is 5.12 Å². The highest BCUT2D eigenvalue weighted by molar-refractivity contribution is 8.13. The first-order chi connectivity index (χ1) is 8.41. The van der Waals surface area contributed by atoms with Gasteiger partial charge in [-0.25, -0.2) is 4.98 Å². The van der Waals surface area contributed by atoms with Crippen molar-refractivity contribution in [1.29, 1.82) is 0 Å². The van der Waals surface area contributed by atoms with Crippen LogP contribution in [-0.4, -0.2) is 20.8 Å². The molecule has 18 heavy (non-hydrogen) atoms. The molecule has 1 aromatic heterocycles. The molecule has 0 amide bonds. The number of carbonyl (C=O) groups is 1. The molecule has 0 saturated carbocycles. The van der Waals surface area contributed by atoms with E-state index in [1.165, 1.54) is 13.0 Å². The van der Waals surface area contributed by atoms with E-state index in [9.17, 15) is 14.9 Å². The van der Waals surface area contributed by atoms with Crippen molar-refractivity contribution in [2.45, 2.75) is 6.92 Å². The van der Waals surface area contributed by atoms with Crippen LogP contribution in [0.2, 0.25) is 5.15 Å². The molecule has 1 rings (SSSR count). The van der Waals surface area contributed by atoms with E-state index in [0.29, 0.717) is 11.3 Å². The summed E-state index contributed by atoms with van der Waals surface area (Å²) in [7, 11) is 0. The van der Waals surface area contributed by atoms with Gasteiger partial charge in [-0.05, 0) is 0 Å². The summed E-state index contributed by atoms with van der Waals surface area (Å²) in [6, 6.07) is 1.25. The second kappa shape index (κ2) is 6.36. The molecule has 0 aliphatic carbocycles. The van der Waals surface area contributed by atoms with E-state index < -0.39 is 4.92 Å². The number of aromatic nitrogens is 1. The fourth-order valence-corrected chi connectivity index (χ4v) is 1.75. The molecule has 2 N–H and O–H groups in total. The van der Waals surface area contributed by atoms with Crippen LogP contribution in [0.25, 0.3) is 6.08 Å². The van der Waals surface area contributed by atoms with Crippen LogP contribution in [-0.2, 0) is 4.79 Å². The van der Waals surface area contributed by atoms with Crippen molar-refractivity contribution < 1.29 is 9.72 Å². The standard InChI is InChI=1S/C10H10ClN3O3S/c1-6(15)18-4-2-3-7-5-8(14(16)17)10(12)13-9(7)11/h2-3,5H,4H2,1H3,(H2,12,13). The minimum atomic E-state index is -0.625. The highest BCUT2D eigenvalue weighted by atomic mass is 35.5. The SMILES string of the molecule is CC(=O)SCC=Cc1cc([N+](=O)[O-])c(N)nc1Cl. The van der Waals surface area contributed by atoms with Crippen molar-refractivity contribution in [3.8, 4) is 0 Å². The van der Waals surface area contributed by atoms with Crippen molar-refractivity contribution in [1.82, 2.24) is 4.98 Å². The van der Waals surface area contributed by atoms with Gasteiger partial charge in [-0.2, -0.15) is 0 Å². The summed E-state index contributed by atoms with van der Waals surface area (Å²) < 4.78 is 0. The van der Waals surface area contributed by atoms with E-state index in [4.69, 9.17) is 17.3 Å². The van der Waals surface area contributed by atoms with Crippen molar-refractivity contribution >= 4 is 46.1 Å². The maximum Gasteiger partial charge on any atom is 0.311 e. The maximum absolute atomic E-state index is 10.7. The fourth-order valence-electron chi connectivity index (χ4n) is 1.11. The van der Waals surface area contributed by atoms with Crippen LogP contribution in [0, 0.1) is 10.1 Å². The number of hydrogen-bond acceptors (Lipinski definition) is 6. The molecule has 1 heterocycles. The summed E-state index contributed by atoms with van der Waals surface area (Å²) >= 11 is 6.93. The number of anilines is 1. The van der Waals surface area contributed by atoms with Gasteiger partial charge in [0.25, 0.3) is 0 Å². The van der Waals surface area contributed by atoms with E-state index in [1.807, 2.05) is 0 Å². The van der Waals surface area contributed by atoms with Gasteiger partial charge in [-0.1, -0.05) is 35.5 Å². The van der Waals surface area contributed by atoms with Gasteiger partial charge in [-0.15, -0.1) is 0 Å². The van der Waals surface area contributed by atoms with Crippen molar-refractivity contribution in [3.05, 3.63) is 33.0 Å². The molecule has 0 aliphatic rings. The van der Waals surface area contributed by atoms with Crippen LogP contribution >= 0.6 is 23.4 Å². The van der Waals surface area contributed by atoms with Crippen LogP contribution in [0.5, 0.6) is 0 Å². The molecule has 0 saturated heterocycles. The quantitative estimate of drug-likeness (QED) is 0.519. The Kier molecular flexibility index (Phi) is 5.11. The van der Waals surface area contributed by atoms with Gasteiger partial charge >= 0.3 is 5.69 Å². The summed E-state index contributed by atoms with van der Waals surface area (Å²) in [5.41, 5.74) is 5.47. The summed E-state index contributed by atoms with van der Waals surface area (Å²) in [5, 5.41) is 10.8. The van der Waals surface area contributed by atoms with E-state index in [1.54, 1.807) is 12.2 Å². The monoisotopic (exact) mass is 287 g/mol. The van der Waals surface area contributed by atoms with Crippen LogP contribution < -0.4 is 5.73 Å². The van der Waals surface area contributed by atoms with Gasteiger partial charge < -0.3 is 5.73 Å². The first-order valence-electron chi connectivity index (χ1n) is 4.82. The summed E-state index contributed by atoms with van der Waals surface area (Å²) in [5.74, 6) is 0.240. The Balaban J connectivity index is 2.92. The third-order valence-electron chi connectivity index (χ3n) is 1.89. The lowest BCUT2D eigenvalue weighted by Gasteiger charge is -2.00. The zero-order valence-corrected chi connectivity index (χ0v) is 11.0. The Morgan fingerprint density at radius 2 is 2.39 bits per heavy atom. The molecule has 6 nitrogen and oxygen atoms in total. The van der Waals surface area contributed by atoms with Crippen molar-refractivity contribution in [2.75, 3.05) is 11.5 Å². The smallest absolute Gasteiger partial charge is 0.311 e. The van der Waals surface area contributed by atoms with E-state index in [-0.39, 0.29) is 21.8 Å². The summed E-state index contributed by atoms with van der Waals surface area (Å²) in [4.78, 5) is 24.4. The van der Waals surface area contributed by atoms with Crippen molar-refractivity contribution in [2.24, 2.45) is 0 Å². The number of carbonyl (C=O) groups excluding carboxylic acids is 1. The highest BCUT2D eigenvalue weighted by Gasteiger charge is 2.15. The second-order valence-electron chi connectivity index (χ2n) is 3.23. The molecule has 0 bridgehead atoms. The number of nitrogens with zero attached hydrogens (tertiary/aromatic N) is 2. The third kappa shape index (κ3) is 4.01. The van der Waals surface area contributed by atoms with Crippen LogP contribution in [0.4, 0.5) is 11.5 Å². The topological polar surface area (TPSA) is 99.1 Å². The van der Waals surface area contributed by atoms with Gasteiger partial charge in [0.05, 0.1) is 4.92 Å². The van der Waals surface area contributed by atoms with Crippen molar-refractivity contribution in [3.63, 3.8) is 0 Å². The molecule has 96 valence electrons. The molecule has 0 fully saturated rings. The van der Waals surface area contributed by atoms with Crippen LogP contribution in [0.1, 0.15) is 12.5 Å². The predicted octanol–water partition coefficient (Wildman–Crippen LogP) is 2.52. The lowest BCUT2D eigenvalue weighted by molar-refractivity contribution is -0.384. The predicted molar refractivity (Wildman–Crippen MR) is 72.5 cm³/mol. The number of pyridine rings is 1. The van der Waals surface area contributed by atoms with Crippen LogP contribution in [0.15, 0.2) is 12.1 Å². The Hall–Kier alpha value is -1.60. The summed E-state index contributed by atoms with van der Waals surface area (Å²) in [6.45, 7) is 1.46. The van der Waals surface area contributed by atoms with Gasteiger partial charge in [0.2, 0.25) is 5.82 Å². The molecule has 0 unspecified atom stereocenters. The molecule has 0 aromatic carbocycles. The number of nitrogen functional groups attached to an aromatic ring is 1. The Morgan fingerprint density at radius 3 is 2.94 bits per heavy atom. The van der Waals surface area contributed by atoms with E-state index in [0.717, 1.165) is 11.8 Å². The van der Waals surface area contributed by atoms with Gasteiger partial charge in [0, 0.05) is 24.3 Å². The number of thioether (sulfide) groups is 1. The number of nitrogens with two attached hydrogens (primary N) is 1.